The molecule has 11 nitrogen and oxygen atoms in total. The molecule has 0 atom stereocenters. The number of nitrogens with zero attached hydrogens (tertiary/aromatic N) is 9. The number of anilines is 1. The molecule has 2 saturated heterocycles. The molecule has 0 amide bonds. The molecule has 6 heterocycles. The van der Waals surface area contributed by atoms with Gasteiger partial charge in [0.25, 0.3) is 0 Å². The predicted molar refractivity (Wildman–Crippen MR) is 191 cm³/mol. The van der Waals surface area contributed by atoms with Crippen LogP contribution in [0.2, 0.25) is 0 Å². The van der Waals surface area contributed by atoms with Gasteiger partial charge in [0.05, 0.1) is 12.3 Å². The van der Waals surface area contributed by atoms with Gasteiger partial charge >= 0.3 is 0 Å². The predicted octanol–water partition coefficient (Wildman–Crippen LogP) is 5.03. The number of aromatic amines is 1. The van der Waals surface area contributed by atoms with Crippen molar-refractivity contribution in [2.24, 2.45) is 0 Å². The minimum Gasteiger partial charge on any atom is -0.395 e. The van der Waals surface area contributed by atoms with Crippen molar-refractivity contribution in [1.82, 2.24) is 44.9 Å². The molecule has 0 saturated carbocycles. The minimum absolute atomic E-state index is 0.183. The highest BCUT2D eigenvalue weighted by Crippen LogP contribution is 2.34. The van der Waals surface area contributed by atoms with E-state index in [4.69, 9.17) is 15.0 Å². The molecule has 0 bridgehead atoms. The first-order chi connectivity index (χ1) is 24.2. The number of aromatic nitrogens is 7. The summed E-state index contributed by atoms with van der Waals surface area (Å²) in [5.41, 5.74) is 6.96. The second kappa shape index (κ2) is 14.2. The third-order valence-corrected chi connectivity index (χ3v) is 9.73. The number of piperazine rings is 1. The summed E-state index contributed by atoms with van der Waals surface area (Å²) in [4.78, 5) is 29.7. The van der Waals surface area contributed by atoms with E-state index in [9.17, 15) is 5.11 Å². The van der Waals surface area contributed by atoms with Crippen molar-refractivity contribution in [3.05, 3.63) is 103 Å². The minimum atomic E-state index is 0.183. The quantitative estimate of drug-likeness (QED) is 0.220. The number of likely N-dealkylation sites (tertiary alicyclic amines) is 1. The van der Waals surface area contributed by atoms with Crippen LogP contribution in [0.4, 0.5) is 5.95 Å². The third kappa shape index (κ3) is 6.91. The first-order valence-electron chi connectivity index (χ1n) is 17.2. The molecule has 49 heavy (non-hydrogen) atoms. The SMILES string of the molecule is OCCN1CCN(c2ncc3cc(-c4ccccc4)c(-c4ccc(CN5CCC(c6nnc(-c7ccccn7)[nH]6)CC5)cc4)nc3n2)CC1. The average molecular weight is 653 g/mol. The Morgan fingerprint density at radius 2 is 1.55 bits per heavy atom. The smallest absolute Gasteiger partial charge is 0.227 e. The number of pyridine rings is 2. The molecule has 2 fully saturated rings. The van der Waals surface area contributed by atoms with Crippen molar-refractivity contribution in [3.63, 3.8) is 0 Å². The normalized spacial score (nSPS) is 16.4. The summed E-state index contributed by atoms with van der Waals surface area (Å²) < 4.78 is 0. The molecule has 2 aliphatic rings. The highest BCUT2D eigenvalue weighted by atomic mass is 16.3. The van der Waals surface area contributed by atoms with Gasteiger partial charge in [-0.1, -0.05) is 60.7 Å². The van der Waals surface area contributed by atoms with Crippen molar-refractivity contribution in [3.8, 4) is 33.9 Å². The fourth-order valence-corrected chi connectivity index (χ4v) is 6.95. The molecule has 2 aromatic carbocycles. The molecule has 248 valence electrons. The Bertz CT molecular complexity index is 1990. The van der Waals surface area contributed by atoms with Gasteiger partial charge in [0.15, 0.2) is 11.5 Å². The zero-order chi connectivity index (χ0) is 33.0. The van der Waals surface area contributed by atoms with Gasteiger partial charge in [-0.2, -0.15) is 4.98 Å². The van der Waals surface area contributed by atoms with Gasteiger partial charge in [-0.05, 0) is 55.3 Å². The largest absolute Gasteiger partial charge is 0.395 e. The van der Waals surface area contributed by atoms with Crippen LogP contribution in [0.5, 0.6) is 0 Å². The summed E-state index contributed by atoms with van der Waals surface area (Å²) >= 11 is 0. The summed E-state index contributed by atoms with van der Waals surface area (Å²) in [6, 6.07) is 27.3. The molecule has 6 aromatic rings. The first-order valence-corrected chi connectivity index (χ1v) is 17.2. The summed E-state index contributed by atoms with van der Waals surface area (Å²) in [6.45, 7) is 7.22. The van der Waals surface area contributed by atoms with Gasteiger partial charge in [0, 0.05) is 74.1 Å². The van der Waals surface area contributed by atoms with Crippen molar-refractivity contribution < 1.29 is 5.11 Å². The number of piperidine rings is 1. The van der Waals surface area contributed by atoms with E-state index in [1.807, 2.05) is 30.5 Å². The zero-order valence-corrected chi connectivity index (χ0v) is 27.5. The van der Waals surface area contributed by atoms with Crippen LogP contribution in [0, 0.1) is 0 Å². The standard InChI is InChI=1S/C38H40N10O/c49-23-22-46-18-20-48(21-19-46)38-40-25-31-24-32(28-6-2-1-3-7-28)34(41-35(31)43-38)29-11-9-27(10-12-29)26-47-16-13-30(14-17-47)36-42-37(45-44-36)33-8-4-5-15-39-33/h1-12,15,24-25,30,49H,13-14,16-23,26H2,(H,42,44,45). The number of fused-ring (bicyclic) bond motifs is 1. The average Bonchev–Trinajstić information content (AvgIpc) is 3.67. The number of aliphatic hydroxyl groups is 1. The molecule has 0 unspecified atom stereocenters. The number of β-amino-alcohol motifs (C(OH)–C–C–N with tert-alkyl or cyclic N) is 1. The lowest BCUT2D eigenvalue weighted by molar-refractivity contribution is 0.188. The van der Waals surface area contributed by atoms with E-state index >= 15 is 0 Å². The lowest BCUT2D eigenvalue weighted by atomic mass is 9.95. The fourth-order valence-electron chi connectivity index (χ4n) is 6.95. The Kier molecular flexibility index (Phi) is 9.02. The summed E-state index contributed by atoms with van der Waals surface area (Å²) in [6.07, 6.45) is 5.76. The molecule has 8 rings (SSSR count). The molecule has 2 N–H and O–H groups in total. The van der Waals surface area contributed by atoms with E-state index in [0.717, 1.165) is 104 Å². The maximum Gasteiger partial charge on any atom is 0.227 e. The molecule has 0 spiro atoms. The Hall–Kier alpha value is -5.10. The maximum absolute atomic E-state index is 9.31. The first kappa shape index (κ1) is 31.2. The lowest BCUT2D eigenvalue weighted by Gasteiger charge is -2.34. The number of hydrogen-bond donors (Lipinski definition) is 2. The molecule has 0 radical (unpaired) electrons. The van der Waals surface area contributed by atoms with Gasteiger partial charge in [0.2, 0.25) is 5.95 Å². The van der Waals surface area contributed by atoms with E-state index in [0.29, 0.717) is 24.1 Å². The van der Waals surface area contributed by atoms with E-state index in [2.05, 4.69) is 89.5 Å². The van der Waals surface area contributed by atoms with Gasteiger partial charge in [0.1, 0.15) is 11.5 Å². The van der Waals surface area contributed by atoms with E-state index in [-0.39, 0.29) is 6.61 Å². The summed E-state index contributed by atoms with van der Waals surface area (Å²) in [5.74, 6) is 2.77. The number of hydrogen-bond acceptors (Lipinski definition) is 10. The fraction of sp³-hybridized carbons (Fsp3) is 0.316. The van der Waals surface area contributed by atoms with Crippen LogP contribution >= 0.6 is 0 Å². The van der Waals surface area contributed by atoms with E-state index < -0.39 is 0 Å². The number of benzene rings is 2. The molecule has 11 heteroatoms. The monoisotopic (exact) mass is 652 g/mol. The Morgan fingerprint density at radius 3 is 2.31 bits per heavy atom. The summed E-state index contributed by atoms with van der Waals surface area (Å²) in [5, 5.41) is 19.0. The maximum atomic E-state index is 9.31. The molecular formula is C38H40N10O. The Morgan fingerprint density at radius 1 is 0.755 bits per heavy atom. The Balaban J connectivity index is 0.980. The molecule has 4 aromatic heterocycles. The number of nitrogens with one attached hydrogen (secondary N) is 1. The second-order valence-corrected chi connectivity index (χ2v) is 12.9. The third-order valence-electron chi connectivity index (χ3n) is 9.73. The van der Waals surface area contributed by atoms with Crippen molar-refractivity contribution in [2.45, 2.75) is 25.3 Å². The Labute approximate surface area is 285 Å². The van der Waals surface area contributed by atoms with E-state index in [1.54, 1.807) is 6.20 Å². The van der Waals surface area contributed by atoms with Crippen LogP contribution in [-0.2, 0) is 6.54 Å². The molecule has 2 aliphatic heterocycles. The number of H-pyrrole nitrogens is 1. The van der Waals surface area contributed by atoms with Crippen LogP contribution in [-0.4, -0.2) is 102 Å². The van der Waals surface area contributed by atoms with Gasteiger partial charge in [-0.15, -0.1) is 10.2 Å². The number of aliphatic hydroxyl groups excluding tert-OH is 1. The van der Waals surface area contributed by atoms with Crippen molar-refractivity contribution in [2.75, 3.05) is 57.3 Å². The molecular weight excluding hydrogens is 612 g/mol. The highest BCUT2D eigenvalue weighted by Gasteiger charge is 2.24. The topological polar surface area (TPSA) is 123 Å². The van der Waals surface area contributed by atoms with Gasteiger partial charge < -0.3 is 15.0 Å². The van der Waals surface area contributed by atoms with E-state index in [1.165, 1.54) is 5.56 Å². The van der Waals surface area contributed by atoms with Crippen LogP contribution in [0.1, 0.15) is 30.1 Å². The second-order valence-electron chi connectivity index (χ2n) is 12.9. The zero-order valence-electron chi connectivity index (χ0n) is 27.5. The van der Waals surface area contributed by atoms with Crippen LogP contribution < -0.4 is 4.90 Å². The van der Waals surface area contributed by atoms with Crippen LogP contribution in [0.15, 0.2) is 91.3 Å². The lowest BCUT2D eigenvalue weighted by Crippen LogP contribution is -2.47. The van der Waals surface area contributed by atoms with Crippen molar-refractivity contribution >= 4 is 17.0 Å². The highest BCUT2D eigenvalue weighted by molar-refractivity contribution is 5.90. The number of rotatable bonds is 9. The van der Waals surface area contributed by atoms with Crippen LogP contribution in [0.3, 0.4) is 0 Å². The van der Waals surface area contributed by atoms with Gasteiger partial charge in [-0.3, -0.25) is 14.8 Å². The summed E-state index contributed by atoms with van der Waals surface area (Å²) in [7, 11) is 0. The van der Waals surface area contributed by atoms with Gasteiger partial charge in [-0.25, -0.2) is 9.97 Å². The van der Waals surface area contributed by atoms with Crippen LogP contribution in [0.25, 0.3) is 44.9 Å². The van der Waals surface area contributed by atoms with Crippen molar-refractivity contribution in [1.29, 1.82) is 0 Å². The molecule has 0 aliphatic carbocycles.